The van der Waals surface area contributed by atoms with Gasteiger partial charge < -0.3 is 15.3 Å². The number of para-hydroxylation sites is 1. The first-order valence-corrected chi connectivity index (χ1v) is 8.49. The topological polar surface area (TPSA) is 66.7 Å². The van der Waals surface area contributed by atoms with Crippen molar-refractivity contribution in [2.75, 3.05) is 13.1 Å². The number of phenols is 1. The summed E-state index contributed by atoms with van der Waals surface area (Å²) in [5.41, 5.74) is 2.00. The van der Waals surface area contributed by atoms with E-state index in [1.807, 2.05) is 30.3 Å². The maximum Gasteiger partial charge on any atom is 0.223 e. The van der Waals surface area contributed by atoms with Crippen LogP contribution < -0.4 is 10.2 Å². The first kappa shape index (κ1) is 16.5. The van der Waals surface area contributed by atoms with Crippen LogP contribution in [-0.4, -0.2) is 29.1 Å². The van der Waals surface area contributed by atoms with Crippen molar-refractivity contribution in [1.29, 1.82) is 0 Å². The summed E-state index contributed by atoms with van der Waals surface area (Å²) in [6, 6.07) is 11.3. The van der Waals surface area contributed by atoms with E-state index in [4.69, 9.17) is 0 Å². The van der Waals surface area contributed by atoms with E-state index >= 15 is 0 Å². The van der Waals surface area contributed by atoms with Crippen LogP contribution >= 0.6 is 0 Å². The Labute approximate surface area is 142 Å². The third-order valence-corrected chi connectivity index (χ3v) is 4.69. The number of amides is 1. The molecular weight excluding hydrogens is 302 g/mol. The molecule has 5 nitrogen and oxygen atoms in total. The molecule has 1 aromatic heterocycles. The predicted molar refractivity (Wildman–Crippen MR) is 91.3 cm³/mol. The smallest absolute Gasteiger partial charge is 0.223 e. The van der Waals surface area contributed by atoms with Crippen molar-refractivity contribution < 1.29 is 14.8 Å². The number of rotatable bonds is 5. The van der Waals surface area contributed by atoms with Crippen molar-refractivity contribution >= 4 is 5.91 Å². The van der Waals surface area contributed by atoms with Crippen molar-refractivity contribution in [2.24, 2.45) is 5.92 Å². The zero-order chi connectivity index (χ0) is 16.8. The lowest BCUT2D eigenvalue weighted by Gasteiger charge is -2.28. The molecule has 1 aliphatic heterocycles. The minimum atomic E-state index is 0.0924. The van der Waals surface area contributed by atoms with Crippen LogP contribution in [0.1, 0.15) is 24.0 Å². The number of pyridine rings is 1. The van der Waals surface area contributed by atoms with Gasteiger partial charge in [-0.1, -0.05) is 18.2 Å². The van der Waals surface area contributed by atoms with Gasteiger partial charge in [0.1, 0.15) is 12.3 Å². The highest BCUT2D eigenvalue weighted by Crippen LogP contribution is 2.15. The van der Waals surface area contributed by atoms with Crippen LogP contribution in [0.5, 0.6) is 5.75 Å². The predicted octanol–water partition coefficient (Wildman–Crippen LogP) is 0.899. The SMILES string of the molecule is O=C(NCc1cccnc1)C1CC[NH+](Cc2ccccc2O)CC1. The molecule has 2 heterocycles. The highest BCUT2D eigenvalue weighted by Gasteiger charge is 2.27. The van der Waals surface area contributed by atoms with E-state index in [-0.39, 0.29) is 11.8 Å². The molecule has 0 atom stereocenters. The number of phenolic OH excluding ortho intramolecular Hbond substituents is 1. The van der Waals surface area contributed by atoms with Crippen LogP contribution in [0, 0.1) is 5.92 Å². The van der Waals surface area contributed by atoms with Gasteiger partial charge in [-0.3, -0.25) is 9.78 Å². The standard InChI is InChI=1S/C19H23N3O2/c23-18-6-2-1-5-17(18)14-22-10-7-16(8-11-22)19(24)21-13-15-4-3-9-20-12-15/h1-6,9,12,16,23H,7-8,10-11,13-14H2,(H,21,24)/p+1. The molecule has 0 unspecified atom stereocenters. The first-order chi connectivity index (χ1) is 11.7. The van der Waals surface area contributed by atoms with E-state index in [0.717, 1.165) is 43.6 Å². The van der Waals surface area contributed by atoms with Crippen LogP contribution in [-0.2, 0) is 17.9 Å². The number of likely N-dealkylation sites (tertiary alicyclic amines) is 1. The molecule has 2 aromatic rings. The summed E-state index contributed by atoms with van der Waals surface area (Å²) < 4.78 is 0. The summed E-state index contributed by atoms with van der Waals surface area (Å²) in [5, 5.41) is 12.9. The molecule has 0 saturated carbocycles. The quantitative estimate of drug-likeness (QED) is 0.765. The van der Waals surface area contributed by atoms with Crippen LogP contribution in [0.25, 0.3) is 0 Å². The third-order valence-electron chi connectivity index (χ3n) is 4.69. The molecule has 3 rings (SSSR count). The second kappa shape index (κ2) is 7.93. The number of quaternary nitrogens is 1. The van der Waals surface area contributed by atoms with Gasteiger partial charge in [-0.15, -0.1) is 0 Å². The molecule has 0 bridgehead atoms. The van der Waals surface area contributed by atoms with Gasteiger partial charge in [0.15, 0.2) is 0 Å². The van der Waals surface area contributed by atoms with Gasteiger partial charge in [-0.25, -0.2) is 0 Å². The number of nitrogens with zero attached hydrogens (tertiary/aromatic N) is 1. The summed E-state index contributed by atoms with van der Waals surface area (Å²) >= 11 is 0. The number of nitrogens with one attached hydrogen (secondary N) is 2. The van der Waals surface area contributed by atoms with Gasteiger partial charge in [0.2, 0.25) is 5.91 Å². The lowest BCUT2D eigenvalue weighted by molar-refractivity contribution is -0.919. The fraction of sp³-hybridized carbons (Fsp3) is 0.368. The lowest BCUT2D eigenvalue weighted by atomic mass is 9.95. The average Bonchev–Trinajstić information content (AvgIpc) is 2.63. The lowest BCUT2D eigenvalue weighted by Crippen LogP contribution is -3.11. The Hall–Kier alpha value is -2.40. The maximum atomic E-state index is 12.3. The van der Waals surface area contributed by atoms with Gasteiger partial charge in [0.25, 0.3) is 0 Å². The monoisotopic (exact) mass is 326 g/mol. The molecule has 1 aromatic carbocycles. The Bertz CT molecular complexity index is 667. The zero-order valence-corrected chi connectivity index (χ0v) is 13.7. The Morgan fingerprint density at radius 3 is 2.71 bits per heavy atom. The summed E-state index contributed by atoms with van der Waals surface area (Å²) in [7, 11) is 0. The summed E-state index contributed by atoms with van der Waals surface area (Å²) in [4.78, 5) is 17.8. The van der Waals surface area contributed by atoms with Gasteiger partial charge in [0, 0.05) is 43.3 Å². The van der Waals surface area contributed by atoms with Crippen LogP contribution in [0.2, 0.25) is 0 Å². The molecule has 1 saturated heterocycles. The number of carbonyl (C=O) groups is 1. The molecule has 5 heteroatoms. The summed E-state index contributed by atoms with van der Waals surface area (Å²) in [5.74, 6) is 0.594. The highest BCUT2D eigenvalue weighted by atomic mass is 16.3. The number of hydrogen-bond donors (Lipinski definition) is 3. The normalized spacial score (nSPS) is 20.5. The molecule has 24 heavy (non-hydrogen) atoms. The van der Waals surface area contributed by atoms with Crippen LogP contribution in [0.4, 0.5) is 0 Å². The van der Waals surface area contributed by atoms with Crippen molar-refractivity contribution in [3.63, 3.8) is 0 Å². The highest BCUT2D eigenvalue weighted by molar-refractivity contribution is 5.78. The van der Waals surface area contributed by atoms with E-state index in [9.17, 15) is 9.90 Å². The molecule has 3 N–H and O–H groups in total. The van der Waals surface area contributed by atoms with Crippen molar-refractivity contribution in [3.8, 4) is 5.75 Å². The number of benzene rings is 1. The Morgan fingerprint density at radius 2 is 2.00 bits per heavy atom. The number of aromatic hydroxyl groups is 1. The number of piperidine rings is 1. The van der Waals surface area contributed by atoms with E-state index in [0.29, 0.717) is 12.3 Å². The number of carbonyl (C=O) groups excluding carboxylic acids is 1. The van der Waals surface area contributed by atoms with E-state index in [1.54, 1.807) is 18.5 Å². The van der Waals surface area contributed by atoms with E-state index in [2.05, 4.69) is 10.3 Å². The molecule has 1 aliphatic rings. The van der Waals surface area contributed by atoms with Crippen molar-refractivity contribution in [1.82, 2.24) is 10.3 Å². The minimum absolute atomic E-state index is 0.0924. The number of aromatic nitrogens is 1. The average molecular weight is 326 g/mol. The fourth-order valence-corrected chi connectivity index (χ4v) is 3.23. The Morgan fingerprint density at radius 1 is 1.21 bits per heavy atom. The van der Waals surface area contributed by atoms with Gasteiger partial charge >= 0.3 is 0 Å². The molecule has 0 radical (unpaired) electrons. The zero-order valence-electron chi connectivity index (χ0n) is 13.7. The summed E-state index contributed by atoms with van der Waals surface area (Å²) in [6.45, 7) is 3.27. The van der Waals surface area contributed by atoms with Gasteiger partial charge in [-0.2, -0.15) is 0 Å². The molecule has 1 amide bonds. The second-order valence-electron chi connectivity index (χ2n) is 6.41. The maximum absolute atomic E-state index is 12.3. The molecule has 0 aliphatic carbocycles. The van der Waals surface area contributed by atoms with Crippen LogP contribution in [0.15, 0.2) is 48.8 Å². The third kappa shape index (κ3) is 4.32. The van der Waals surface area contributed by atoms with Gasteiger partial charge in [-0.05, 0) is 23.8 Å². The van der Waals surface area contributed by atoms with Crippen molar-refractivity contribution in [3.05, 3.63) is 59.9 Å². The van der Waals surface area contributed by atoms with Crippen LogP contribution in [0.3, 0.4) is 0 Å². The molecule has 0 spiro atoms. The van der Waals surface area contributed by atoms with E-state index in [1.165, 1.54) is 4.90 Å². The minimum Gasteiger partial charge on any atom is -0.507 e. The Kier molecular flexibility index (Phi) is 5.43. The molecular formula is C19H24N3O2+. The Balaban J connectivity index is 1.44. The van der Waals surface area contributed by atoms with Crippen molar-refractivity contribution in [2.45, 2.75) is 25.9 Å². The van der Waals surface area contributed by atoms with E-state index < -0.39 is 0 Å². The number of hydrogen-bond acceptors (Lipinski definition) is 3. The van der Waals surface area contributed by atoms with Gasteiger partial charge in [0.05, 0.1) is 13.1 Å². The fourth-order valence-electron chi connectivity index (χ4n) is 3.23. The molecule has 1 fully saturated rings. The second-order valence-corrected chi connectivity index (χ2v) is 6.41. The largest absolute Gasteiger partial charge is 0.507 e. The molecule has 126 valence electrons. The first-order valence-electron chi connectivity index (χ1n) is 8.49. The summed E-state index contributed by atoms with van der Waals surface area (Å²) in [6.07, 6.45) is 5.29.